The lowest BCUT2D eigenvalue weighted by atomic mass is 9.99. The number of nitrogens with zero attached hydrogens (tertiary/aromatic N) is 2. The second-order valence-electron chi connectivity index (χ2n) is 5.07. The van der Waals surface area contributed by atoms with Gasteiger partial charge in [0.15, 0.2) is 0 Å². The van der Waals surface area contributed by atoms with Gasteiger partial charge in [-0.15, -0.1) is 0 Å². The monoisotopic (exact) mass is 255 g/mol. The van der Waals surface area contributed by atoms with Gasteiger partial charge in [-0.3, -0.25) is 0 Å². The molecular formula is C16H21N3. The maximum Gasteiger partial charge on any atom is 0.131 e. The van der Waals surface area contributed by atoms with Gasteiger partial charge in [0.25, 0.3) is 0 Å². The van der Waals surface area contributed by atoms with Crippen molar-refractivity contribution in [1.29, 1.82) is 0 Å². The third kappa shape index (κ3) is 2.75. The number of aromatic nitrogens is 2. The fourth-order valence-corrected chi connectivity index (χ4v) is 2.17. The van der Waals surface area contributed by atoms with Crippen LogP contribution in [0.15, 0.2) is 18.2 Å². The lowest BCUT2D eigenvalue weighted by Crippen LogP contribution is -2.05. The van der Waals surface area contributed by atoms with Gasteiger partial charge in [0.05, 0.1) is 5.69 Å². The van der Waals surface area contributed by atoms with E-state index in [1.54, 1.807) is 0 Å². The Morgan fingerprint density at radius 2 is 1.84 bits per heavy atom. The molecule has 0 aliphatic carbocycles. The van der Waals surface area contributed by atoms with Gasteiger partial charge in [-0.1, -0.05) is 24.6 Å². The van der Waals surface area contributed by atoms with Gasteiger partial charge in [-0.25, -0.2) is 9.97 Å². The lowest BCUT2D eigenvalue weighted by molar-refractivity contribution is 0.836. The van der Waals surface area contributed by atoms with Crippen molar-refractivity contribution in [3.05, 3.63) is 40.7 Å². The lowest BCUT2D eigenvalue weighted by Gasteiger charge is -2.12. The SMILES string of the molecule is CCCc1nc(N)c(C)c(-c2cc(C)ccc2C)n1. The molecule has 2 N–H and O–H groups in total. The Hall–Kier alpha value is -1.90. The third-order valence-electron chi connectivity index (χ3n) is 3.35. The summed E-state index contributed by atoms with van der Waals surface area (Å²) in [7, 11) is 0. The zero-order valence-corrected chi connectivity index (χ0v) is 12.1. The highest BCUT2D eigenvalue weighted by atomic mass is 15.0. The Bertz CT molecular complexity index is 603. The van der Waals surface area contributed by atoms with Crippen LogP contribution in [0.5, 0.6) is 0 Å². The number of anilines is 1. The molecule has 0 saturated heterocycles. The van der Waals surface area contributed by atoms with Crippen LogP contribution in [0, 0.1) is 20.8 Å². The van der Waals surface area contributed by atoms with Crippen LogP contribution in [0.1, 0.15) is 35.9 Å². The summed E-state index contributed by atoms with van der Waals surface area (Å²) in [6.07, 6.45) is 1.89. The first-order valence-corrected chi connectivity index (χ1v) is 6.73. The summed E-state index contributed by atoms with van der Waals surface area (Å²) < 4.78 is 0. The molecule has 1 heterocycles. The smallest absolute Gasteiger partial charge is 0.131 e. The number of hydrogen-bond donors (Lipinski definition) is 1. The van der Waals surface area contributed by atoms with E-state index in [9.17, 15) is 0 Å². The largest absolute Gasteiger partial charge is 0.383 e. The van der Waals surface area contributed by atoms with Crippen LogP contribution < -0.4 is 5.73 Å². The quantitative estimate of drug-likeness (QED) is 0.911. The minimum absolute atomic E-state index is 0.592. The molecule has 0 atom stereocenters. The molecule has 2 aromatic rings. The predicted octanol–water partition coefficient (Wildman–Crippen LogP) is 3.60. The third-order valence-corrected chi connectivity index (χ3v) is 3.35. The molecule has 2 rings (SSSR count). The fraction of sp³-hybridized carbons (Fsp3) is 0.375. The Morgan fingerprint density at radius 3 is 2.53 bits per heavy atom. The molecule has 0 saturated carbocycles. The van der Waals surface area contributed by atoms with E-state index in [-0.39, 0.29) is 0 Å². The van der Waals surface area contributed by atoms with Crippen LogP contribution in [0.2, 0.25) is 0 Å². The summed E-state index contributed by atoms with van der Waals surface area (Å²) in [5, 5.41) is 0. The summed E-state index contributed by atoms with van der Waals surface area (Å²) in [6.45, 7) is 8.31. The molecular weight excluding hydrogens is 234 g/mol. The highest BCUT2D eigenvalue weighted by molar-refractivity contribution is 5.70. The van der Waals surface area contributed by atoms with E-state index in [2.05, 4.69) is 44.0 Å². The first kappa shape index (κ1) is 13.5. The van der Waals surface area contributed by atoms with Gasteiger partial charge in [0.1, 0.15) is 11.6 Å². The number of nitrogen functional groups attached to an aromatic ring is 1. The van der Waals surface area contributed by atoms with E-state index in [1.807, 2.05) is 6.92 Å². The summed E-state index contributed by atoms with van der Waals surface area (Å²) >= 11 is 0. The molecule has 0 aliphatic rings. The summed E-state index contributed by atoms with van der Waals surface area (Å²) in [6, 6.07) is 6.41. The van der Waals surface area contributed by atoms with E-state index in [0.717, 1.165) is 35.5 Å². The Morgan fingerprint density at radius 1 is 1.11 bits per heavy atom. The molecule has 1 aromatic heterocycles. The topological polar surface area (TPSA) is 51.8 Å². The first-order chi connectivity index (χ1) is 9.02. The molecule has 0 amide bonds. The molecule has 1 aromatic carbocycles. The molecule has 100 valence electrons. The zero-order valence-electron chi connectivity index (χ0n) is 12.1. The van der Waals surface area contributed by atoms with Gasteiger partial charge in [0, 0.05) is 17.5 Å². The van der Waals surface area contributed by atoms with Crippen LogP contribution in [0.3, 0.4) is 0 Å². The van der Waals surface area contributed by atoms with Crippen molar-refractivity contribution in [1.82, 2.24) is 9.97 Å². The van der Waals surface area contributed by atoms with E-state index in [1.165, 1.54) is 11.1 Å². The maximum absolute atomic E-state index is 6.03. The molecule has 0 fully saturated rings. The number of nitrogens with two attached hydrogens (primary N) is 1. The summed E-state index contributed by atoms with van der Waals surface area (Å²) in [5.41, 5.74) is 11.6. The van der Waals surface area contributed by atoms with Crippen molar-refractivity contribution in [3.8, 4) is 11.3 Å². The number of aryl methyl sites for hydroxylation is 3. The van der Waals surface area contributed by atoms with Crippen LogP contribution in [-0.4, -0.2) is 9.97 Å². The van der Waals surface area contributed by atoms with Crippen molar-refractivity contribution >= 4 is 5.82 Å². The van der Waals surface area contributed by atoms with Crippen LogP contribution in [0.4, 0.5) is 5.82 Å². The summed E-state index contributed by atoms with van der Waals surface area (Å²) in [4.78, 5) is 9.07. The van der Waals surface area contributed by atoms with Gasteiger partial charge in [0.2, 0.25) is 0 Å². The number of hydrogen-bond acceptors (Lipinski definition) is 3. The van der Waals surface area contributed by atoms with Crippen molar-refractivity contribution in [2.45, 2.75) is 40.5 Å². The molecule has 0 bridgehead atoms. The Labute approximate surface area is 114 Å². The summed E-state index contributed by atoms with van der Waals surface area (Å²) in [5.74, 6) is 1.43. The average molecular weight is 255 g/mol. The molecule has 19 heavy (non-hydrogen) atoms. The van der Waals surface area contributed by atoms with Gasteiger partial charge in [-0.05, 0) is 38.8 Å². The molecule has 3 heteroatoms. The van der Waals surface area contributed by atoms with Gasteiger partial charge in [-0.2, -0.15) is 0 Å². The van der Waals surface area contributed by atoms with Crippen LogP contribution in [-0.2, 0) is 6.42 Å². The molecule has 0 unspecified atom stereocenters. The number of benzene rings is 1. The fourth-order valence-electron chi connectivity index (χ4n) is 2.17. The van der Waals surface area contributed by atoms with Crippen molar-refractivity contribution in [3.63, 3.8) is 0 Å². The molecule has 0 aliphatic heterocycles. The standard InChI is InChI=1S/C16H21N3/c1-5-6-14-18-15(12(4)16(17)19-14)13-9-10(2)7-8-11(13)3/h7-9H,5-6H2,1-4H3,(H2,17,18,19). The van der Waals surface area contributed by atoms with Crippen LogP contribution >= 0.6 is 0 Å². The molecule has 0 spiro atoms. The predicted molar refractivity (Wildman–Crippen MR) is 80.1 cm³/mol. The average Bonchev–Trinajstić information content (AvgIpc) is 2.37. The van der Waals surface area contributed by atoms with Crippen molar-refractivity contribution in [2.75, 3.05) is 5.73 Å². The van der Waals surface area contributed by atoms with Crippen molar-refractivity contribution < 1.29 is 0 Å². The number of rotatable bonds is 3. The zero-order chi connectivity index (χ0) is 14.0. The van der Waals surface area contributed by atoms with Crippen molar-refractivity contribution in [2.24, 2.45) is 0 Å². The normalized spacial score (nSPS) is 10.7. The van der Waals surface area contributed by atoms with E-state index in [0.29, 0.717) is 5.82 Å². The maximum atomic E-state index is 6.03. The minimum Gasteiger partial charge on any atom is -0.383 e. The van der Waals surface area contributed by atoms with Gasteiger partial charge < -0.3 is 5.73 Å². The second-order valence-corrected chi connectivity index (χ2v) is 5.07. The van der Waals surface area contributed by atoms with E-state index in [4.69, 9.17) is 10.7 Å². The van der Waals surface area contributed by atoms with E-state index >= 15 is 0 Å². The molecule has 3 nitrogen and oxygen atoms in total. The Kier molecular flexibility index (Phi) is 3.84. The Balaban J connectivity index is 2.63. The second kappa shape index (κ2) is 5.39. The minimum atomic E-state index is 0.592. The highest BCUT2D eigenvalue weighted by Crippen LogP contribution is 2.28. The molecule has 0 radical (unpaired) electrons. The first-order valence-electron chi connectivity index (χ1n) is 6.73. The van der Waals surface area contributed by atoms with E-state index < -0.39 is 0 Å². The van der Waals surface area contributed by atoms with Crippen LogP contribution in [0.25, 0.3) is 11.3 Å². The highest BCUT2D eigenvalue weighted by Gasteiger charge is 2.12. The van der Waals surface area contributed by atoms with Gasteiger partial charge >= 0.3 is 0 Å².